The van der Waals surface area contributed by atoms with Crippen LogP contribution in [0, 0.1) is 0 Å². The number of anilines is 1. The topological polar surface area (TPSA) is 56.3 Å². The van der Waals surface area contributed by atoms with Gasteiger partial charge in [0.25, 0.3) is 0 Å². The Morgan fingerprint density at radius 3 is 2.89 bits per heavy atom. The van der Waals surface area contributed by atoms with Gasteiger partial charge in [-0.2, -0.15) is 0 Å². The molecule has 2 heterocycles. The van der Waals surface area contributed by atoms with Gasteiger partial charge in [-0.25, -0.2) is 4.98 Å². The van der Waals surface area contributed by atoms with E-state index in [0.717, 1.165) is 11.3 Å². The first-order chi connectivity index (χ1) is 8.79. The van der Waals surface area contributed by atoms with Gasteiger partial charge < -0.3 is 14.8 Å². The minimum absolute atomic E-state index is 0.192. The molecule has 6 heteroatoms. The van der Waals surface area contributed by atoms with Crippen molar-refractivity contribution in [3.8, 4) is 22.8 Å². The highest BCUT2D eigenvalue weighted by atomic mass is 35.5. The zero-order chi connectivity index (χ0) is 12.5. The normalized spacial score (nSPS) is 12.6. The number of halogens is 1. The number of rotatable bonds is 2. The van der Waals surface area contributed by atoms with Gasteiger partial charge in [0.2, 0.25) is 6.79 Å². The Hall–Kier alpha value is -2.01. The highest BCUT2D eigenvalue weighted by Crippen LogP contribution is 2.42. The van der Waals surface area contributed by atoms with E-state index in [1.54, 1.807) is 25.5 Å². The van der Waals surface area contributed by atoms with Gasteiger partial charge in [-0.05, 0) is 12.1 Å². The average Bonchev–Trinajstić information content (AvgIpc) is 2.87. The minimum atomic E-state index is 0.192. The van der Waals surface area contributed by atoms with Crippen LogP contribution in [0.4, 0.5) is 5.82 Å². The van der Waals surface area contributed by atoms with Crippen molar-refractivity contribution in [3.63, 3.8) is 0 Å². The third-order valence-corrected chi connectivity index (χ3v) is 2.92. The lowest BCUT2D eigenvalue weighted by molar-refractivity contribution is 0.174. The zero-order valence-corrected chi connectivity index (χ0v) is 10.4. The molecule has 1 aromatic carbocycles. The number of aromatic nitrogens is 2. The van der Waals surface area contributed by atoms with Crippen LogP contribution in [0.15, 0.2) is 24.5 Å². The van der Waals surface area contributed by atoms with Crippen molar-refractivity contribution >= 4 is 17.4 Å². The Balaban J connectivity index is 2.15. The third kappa shape index (κ3) is 1.73. The summed E-state index contributed by atoms with van der Waals surface area (Å²) in [6.07, 6.45) is 3.26. The van der Waals surface area contributed by atoms with Gasteiger partial charge in [0.15, 0.2) is 17.3 Å². The van der Waals surface area contributed by atoms with Crippen molar-refractivity contribution in [3.05, 3.63) is 29.5 Å². The Kier molecular flexibility index (Phi) is 2.68. The molecule has 3 rings (SSSR count). The summed E-state index contributed by atoms with van der Waals surface area (Å²) >= 11 is 6.15. The van der Waals surface area contributed by atoms with E-state index in [1.165, 1.54) is 0 Å². The first kappa shape index (κ1) is 11.1. The quantitative estimate of drug-likeness (QED) is 0.902. The Bertz CT molecular complexity index is 604. The van der Waals surface area contributed by atoms with E-state index < -0.39 is 0 Å². The Morgan fingerprint density at radius 2 is 2.06 bits per heavy atom. The van der Waals surface area contributed by atoms with E-state index in [-0.39, 0.29) is 6.79 Å². The fourth-order valence-electron chi connectivity index (χ4n) is 1.84. The minimum Gasteiger partial charge on any atom is -0.454 e. The highest BCUT2D eigenvalue weighted by Gasteiger charge is 2.20. The smallest absolute Gasteiger partial charge is 0.231 e. The molecule has 0 saturated heterocycles. The highest BCUT2D eigenvalue weighted by molar-refractivity contribution is 6.32. The van der Waals surface area contributed by atoms with Crippen LogP contribution in [-0.4, -0.2) is 23.8 Å². The lowest BCUT2D eigenvalue weighted by atomic mass is 10.1. The van der Waals surface area contributed by atoms with Crippen molar-refractivity contribution in [2.45, 2.75) is 0 Å². The van der Waals surface area contributed by atoms with E-state index in [4.69, 9.17) is 21.1 Å². The van der Waals surface area contributed by atoms with Crippen molar-refractivity contribution in [1.82, 2.24) is 9.97 Å². The van der Waals surface area contributed by atoms with Crippen LogP contribution in [-0.2, 0) is 0 Å². The summed E-state index contributed by atoms with van der Waals surface area (Å²) in [5.41, 5.74) is 1.56. The summed E-state index contributed by atoms with van der Waals surface area (Å²) in [4.78, 5) is 8.51. The second-order valence-corrected chi connectivity index (χ2v) is 4.10. The number of ether oxygens (including phenoxy) is 2. The number of nitrogens with one attached hydrogen (secondary N) is 1. The van der Waals surface area contributed by atoms with E-state index >= 15 is 0 Å². The lowest BCUT2D eigenvalue weighted by Crippen LogP contribution is -1.97. The molecule has 0 radical (unpaired) electrons. The Morgan fingerprint density at radius 1 is 1.22 bits per heavy atom. The molecule has 0 atom stereocenters. The molecule has 1 aromatic heterocycles. The molecule has 92 valence electrons. The van der Waals surface area contributed by atoms with E-state index in [0.29, 0.717) is 22.3 Å². The number of benzene rings is 1. The third-order valence-electron chi connectivity index (χ3n) is 2.64. The number of fused-ring (bicyclic) bond motifs is 1. The van der Waals surface area contributed by atoms with Gasteiger partial charge in [0.1, 0.15) is 5.69 Å². The maximum Gasteiger partial charge on any atom is 0.231 e. The molecule has 0 saturated carbocycles. The summed E-state index contributed by atoms with van der Waals surface area (Å²) in [7, 11) is 1.79. The van der Waals surface area contributed by atoms with Crippen LogP contribution < -0.4 is 14.8 Å². The number of hydrogen-bond acceptors (Lipinski definition) is 5. The summed E-state index contributed by atoms with van der Waals surface area (Å²) in [6, 6.07) is 3.64. The lowest BCUT2D eigenvalue weighted by Gasteiger charge is -2.08. The van der Waals surface area contributed by atoms with Gasteiger partial charge in [0.05, 0.1) is 5.02 Å². The summed E-state index contributed by atoms with van der Waals surface area (Å²) < 4.78 is 10.6. The van der Waals surface area contributed by atoms with Gasteiger partial charge in [-0.1, -0.05) is 11.6 Å². The molecule has 0 aliphatic carbocycles. The van der Waals surface area contributed by atoms with E-state index in [9.17, 15) is 0 Å². The standard InChI is InChI=1S/C12H10ClN3O2/c1-14-12-10(15-2-3-16-12)7-4-8(13)11-9(5-7)17-6-18-11/h2-5H,6H2,1H3,(H,14,16). The average molecular weight is 264 g/mol. The molecule has 0 bridgehead atoms. The second kappa shape index (κ2) is 4.34. The molecule has 1 aliphatic rings. The molecule has 1 aliphatic heterocycles. The van der Waals surface area contributed by atoms with Crippen LogP contribution in [0.5, 0.6) is 11.5 Å². The maximum atomic E-state index is 6.15. The first-order valence-corrected chi connectivity index (χ1v) is 5.75. The molecule has 2 aromatic rings. The van der Waals surface area contributed by atoms with Crippen molar-refractivity contribution < 1.29 is 9.47 Å². The van der Waals surface area contributed by atoms with Crippen LogP contribution in [0.3, 0.4) is 0 Å². The maximum absolute atomic E-state index is 6.15. The SMILES string of the molecule is CNc1nccnc1-c1cc(Cl)c2c(c1)OCO2. The number of nitrogens with zero attached hydrogens (tertiary/aromatic N) is 2. The molecule has 18 heavy (non-hydrogen) atoms. The predicted molar refractivity (Wildman–Crippen MR) is 68.1 cm³/mol. The molecule has 0 fully saturated rings. The van der Waals surface area contributed by atoms with E-state index in [2.05, 4.69) is 15.3 Å². The molecular formula is C12H10ClN3O2. The molecule has 1 N–H and O–H groups in total. The summed E-state index contributed by atoms with van der Waals surface area (Å²) in [6.45, 7) is 0.192. The largest absolute Gasteiger partial charge is 0.454 e. The predicted octanol–water partition coefficient (Wildman–Crippen LogP) is 2.57. The van der Waals surface area contributed by atoms with Gasteiger partial charge in [0, 0.05) is 25.0 Å². The second-order valence-electron chi connectivity index (χ2n) is 3.70. The van der Waals surface area contributed by atoms with Gasteiger partial charge in [-0.3, -0.25) is 4.98 Å². The summed E-state index contributed by atoms with van der Waals surface area (Å²) in [5, 5.41) is 3.50. The van der Waals surface area contributed by atoms with Crippen molar-refractivity contribution in [1.29, 1.82) is 0 Å². The number of hydrogen-bond donors (Lipinski definition) is 1. The monoisotopic (exact) mass is 263 g/mol. The molecule has 0 amide bonds. The van der Waals surface area contributed by atoms with E-state index in [1.807, 2.05) is 6.07 Å². The van der Waals surface area contributed by atoms with Crippen LogP contribution in [0.25, 0.3) is 11.3 Å². The van der Waals surface area contributed by atoms with Crippen LogP contribution in [0.2, 0.25) is 5.02 Å². The van der Waals surface area contributed by atoms with Crippen LogP contribution in [0.1, 0.15) is 0 Å². The summed E-state index contributed by atoms with van der Waals surface area (Å²) in [5.74, 6) is 1.90. The zero-order valence-electron chi connectivity index (χ0n) is 9.61. The van der Waals surface area contributed by atoms with Crippen molar-refractivity contribution in [2.75, 3.05) is 19.2 Å². The first-order valence-electron chi connectivity index (χ1n) is 5.38. The fraction of sp³-hybridized carbons (Fsp3) is 0.167. The molecule has 0 spiro atoms. The Labute approximate surface area is 109 Å². The van der Waals surface area contributed by atoms with Gasteiger partial charge >= 0.3 is 0 Å². The molecule has 0 unspecified atom stereocenters. The fourth-order valence-corrected chi connectivity index (χ4v) is 2.10. The molecular weight excluding hydrogens is 254 g/mol. The molecule has 5 nitrogen and oxygen atoms in total. The van der Waals surface area contributed by atoms with Crippen LogP contribution >= 0.6 is 11.6 Å². The van der Waals surface area contributed by atoms with Crippen molar-refractivity contribution in [2.24, 2.45) is 0 Å². The van der Waals surface area contributed by atoms with Gasteiger partial charge in [-0.15, -0.1) is 0 Å².